The SMILES string of the molecule is CC(=O)Nc1ccc2nc(NC(=O)c3csc(-c4ccco4)n3)sc2c1. The third kappa shape index (κ3) is 3.35. The third-order valence-corrected chi connectivity index (χ3v) is 5.19. The summed E-state index contributed by atoms with van der Waals surface area (Å²) in [5, 5.41) is 8.27. The predicted molar refractivity (Wildman–Crippen MR) is 102 cm³/mol. The van der Waals surface area contributed by atoms with E-state index in [9.17, 15) is 9.59 Å². The number of benzene rings is 1. The molecule has 0 saturated carbocycles. The molecule has 26 heavy (non-hydrogen) atoms. The number of hydrogen-bond donors (Lipinski definition) is 2. The van der Waals surface area contributed by atoms with E-state index in [0.717, 1.165) is 10.2 Å². The summed E-state index contributed by atoms with van der Waals surface area (Å²) < 4.78 is 6.15. The molecule has 0 aliphatic heterocycles. The molecule has 0 fully saturated rings. The molecule has 3 heterocycles. The monoisotopic (exact) mass is 384 g/mol. The highest BCUT2D eigenvalue weighted by Crippen LogP contribution is 2.29. The average molecular weight is 384 g/mol. The molecule has 0 aliphatic rings. The van der Waals surface area contributed by atoms with Crippen LogP contribution >= 0.6 is 22.7 Å². The number of fused-ring (bicyclic) bond motifs is 1. The summed E-state index contributed by atoms with van der Waals surface area (Å²) >= 11 is 2.66. The Morgan fingerprint density at radius 1 is 1.15 bits per heavy atom. The van der Waals surface area contributed by atoms with Crippen molar-refractivity contribution in [2.24, 2.45) is 0 Å². The Morgan fingerprint density at radius 2 is 2.04 bits per heavy atom. The molecule has 2 amide bonds. The lowest BCUT2D eigenvalue weighted by atomic mass is 10.3. The molecule has 130 valence electrons. The van der Waals surface area contributed by atoms with Crippen LogP contribution in [0.1, 0.15) is 17.4 Å². The fourth-order valence-corrected chi connectivity index (χ4v) is 3.98. The zero-order valence-corrected chi connectivity index (χ0v) is 15.1. The number of carbonyl (C=O) groups is 2. The number of rotatable bonds is 4. The van der Waals surface area contributed by atoms with Crippen LogP contribution in [0.25, 0.3) is 21.0 Å². The number of carbonyl (C=O) groups excluding carboxylic acids is 2. The molecule has 2 N–H and O–H groups in total. The van der Waals surface area contributed by atoms with E-state index in [0.29, 0.717) is 27.3 Å². The number of amides is 2. The van der Waals surface area contributed by atoms with Gasteiger partial charge in [-0.3, -0.25) is 14.9 Å². The number of nitrogens with one attached hydrogen (secondary N) is 2. The first-order chi connectivity index (χ1) is 12.6. The summed E-state index contributed by atoms with van der Waals surface area (Å²) in [6.45, 7) is 1.45. The molecule has 4 rings (SSSR count). The normalized spacial score (nSPS) is 10.8. The molecular weight excluding hydrogens is 372 g/mol. The Morgan fingerprint density at radius 3 is 2.81 bits per heavy atom. The highest BCUT2D eigenvalue weighted by atomic mass is 32.1. The van der Waals surface area contributed by atoms with E-state index < -0.39 is 0 Å². The minimum Gasteiger partial charge on any atom is -0.462 e. The van der Waals surface area contributed by atoms with Crippen LogP contribution in [0.2, 0.25) is 0 Å². The van der Waals surface area contributed by atoms with Crippen LogP contribution in [0.5, 0.6) is 0 Å². The first kappa shape index (κ1) is 16.4. The molecule has 9 heteroatoms. The van der Waals surface area contributed by atoms with Gasteiger partial charge in [-0.2, -0.15) is 0 Å². The predicted octanol–water partition coefficient (Wildman–Crippen LogP) is 4.22. The van der Waals surface area contributed by atoms with Gasteiger partial charge in [-0.15, -0.1) is 11.3 Å². The molecule has 0 aliphatic carbocycles. The topological polar surface area (TPSA) is 97.1 Å². The lowest BCUT2D eigenvalue weighted by Gasteiger charge is -1.99. The molecule has 3 aromatic heterocycles. The van der Waals surface area contributed by atoms with Gasteiger partial charge in [0.1, 0.15) is 5.69 Å². The molecule has 0 spiro atoms. The average Bonchev–Trinajstić information content (AvgIpc) is 3.33. The van der Waals surface area contributed by atoms with Crippen LogP contribution in [0, 0.1) is 0 Å². The summed E-state index contributed by atoms with van der Waals surface area (Å²) in [5.41, 5.74) is 1.74. The molecule has 0 radical (unpaired) electrons. The minimum absolute atomic E-state index is 0.140. The number of thiazole rings is 2. The third-order valence-electron chi connectivity index (χ3n) is 3.40. The molecule has 4 aromatic rings. The quantitative estimate of drug-likeness (QED) is 0.549. The van der Waals surface area contributed by atoms with Gasteiger partial charge >= 0.3 is 0 Å². The summed E-state index contributed by atoms with van der Waals surface area (Å²) in [5.74, 6) is 0.151. The second-order valence-electron chi connectivity index (χ2n) is 5.35. The minimum atomic E-state index is -0.333. The zero-order valence-electron chi connectivity index (χ0n) is 13.5. The highest BCUT2D eigenvalue weighted by molar-refractivity contribution is 7.22. The maximum Gasteiger partial charge on any atom is 0.276 e. The van der Waals surface area contributed by atoms with Crippen LogP contribution in [-0.2, 0) is 4.79 Å². The van der Waals surface area contributed by atoms with Crippen LogP contribution < -0.4 is 10.6 Å². The largest absolute Gasteiger partial charge is 0.462 e. The van der Waals surface area contributed by atoms with Crippen LogP contribution in [-0.4, -0.2) is 21.8 Å². The van der Waals surface area contributed by atoms with Crippen molar-refractivity contribution in [3.8, 4) is 10.8 Å². The Balaban J connectivity index is 1.53. The van der Waals surface area contributed by atoms with E-state index in [1.807, 2.05) is 6.07 Å². The molecule has 0 saturated heterocycles. The standard InChI is InChI=1S/C17H12N4O3S2/c1-9(22)18-10-4-5-11-14(7-10)26-17(20-11)21-15(23)12-8-25-16(19-12)13-3-2-6-24-13/h2-8H,1H3,(H,18,22)(H,20,21,23). The van der Waals surface area contributed by atoms with Crippen LogP contribution in [0.4, 0.5) is 10.8 Å². The first-order valence-electron chi connectivity index (χ1n) is 7.57. The Kier molecular flexibility index (Phi) is 4.23. The number of nitrogens with zero attached hydrogens (tertiary/aromatic N) is 2. The number of hydrogen-bond acceptors (Lipinski definition) is 7. The van der Waals surface area contributed by atoms with E-state index >= 15 is 0 Å². The lowest BCUT2D eigenvalue weighted by molar-refractivity contribution is -0.114. The summed E-state index contributed by atoms with van der Waals surface area (Å²) in [6, 6.07) is 8.95. The highest BCUT2D eigenvalue weighted by Gasteiger charge is 2.15. The van der Waals surface area contributed by atoms with Gasteiger partial charge in [-0.1, -0.05) is 11.3 Å². The van der Waals surface area contributed by atoms with Crippen molar-refractivity contribution in [3.05, 3.63) is 47.7 Å². The van der Waals surface area contributed by atoms with Gasteiger partial charge in [0.05, 0.1) is 16.5 Å². The maximum absolute atomic E-state index is 12.4. The van der Waals surface area contributed by atoms with E-state index in [1.165, 1.54) is 29.6 Å². The van der Waals surface area contributed by atoms with Crippen LogP contribution in [0.15, 0.2) is 46.4 Å². The van der Waals surface area contributed by atoms with Gasteiger partial charge in [0.2, 0.25) is 5.91 Å². The van der Waals surface area contributed by atoms with Gasteiger partial charge < -0.3 is 9.73 Å². The second kappa shape index (κ2) is 6.70. The molecular formula is C17H12N4O3S2. The van der Waals surface area contributed by atoms with E-state index in [4.69, 9.17) is 4.42 Å². The van der Waals surface area contributed by atoms with Crippen LogP contribution in [0.3, 0.4) is 0 Å². The van der Waals surface area contributed by atoms with Crippen molar-refractivity contribution in [2.45, 2.75) is 6.92 Å². The van der Waals surface area contributed by atoms with Crippen molar-refractivity contribution in [3.63, 3.8) is 0 Å². The van der Waals surface area contributed by atoms with E-state index in [2.05, 4.69) is 20.6 Å². The van der Waals surface area contributed by atoms with Crippen molar-refractivity contribution < 1.29 is 14.0 Å². The van der Waals surface area contributed by atoms with Gasteiger partial charge in [-0.25, -0.2) is 9.97 Å². The molecule has 1 aromatic carbocycles. The van der Waals surface area contributed by atoms with E-state index in [1.54, 1.807) is 35.9 Å². The fraction of sp³-hybridized carbons (Fsp3) is 0.0588. The van der Waals surface area contributed by atoms with E-state index in [-0.39, 0.29) is 11.8 Å². The molecule has 0 atom stereocenters. The molecule has 0 bridgehead atoms. The smallest absolute Gasteiger partial charge is 0.276 e. The van der Waals surface area contributed by atoms with Crippen molar-refractivity contribution in [1.82, 2.24) is 9.97 Å². The Bertz CT molecular complexity index is 1100. The van der Waals surface area contributed by atoms with Gasteiger partial charge in [0, 0.05) is 18.0 Å². The number of furan rings is 1. The summed E-state index contributed by atoms with van der Waals surface area (Å²) in [6.07, 6.45) is 1.56. The number of anilines is 2. The zero-order chi connectivity index (χ0) is 18.1. The lowest BCUT2D eigenvalue weighted by Crippen LogP contribution is -2.11. The maximum atomic E-state index is 12.4. The number of aromatic nitrogens is 2. The fourth-order valence-electron chi connectivity index (χ4n) is 2.31. The summed E-state index contributed by atoms with van der Waals surface area (Å²) in [7, 11) is 0. The van der Waals surface area contributed by atoms with Gasteiger partial charge in [0.25, 0.3) is 5.91 Å². The Hall–Kier alpha value is -3.04. The van der Waals surface area contributed by atoms with Crippen molar-refractivity contribution in [1.29, 1.82) is 0 Å². The Labute approximate surface area is 155 Å². The summed E-state index contributed by atoms with van der Waals surface area (Å²) in [4.78, 5) is 32.2. The first-order valence-corrected chi connectivity index (χ1v) is 9.27. The van der Waals surface area contributed by atoms with Crippen molar-refractivity contribution >= 4 is 55.5 Å². The van der Waals surface area contributed by atoms with Crippen molar-refractivity contribution in [2.75, 3.05) is 10.6 Å². The van der Waals surface area contributed by atoms with Gasteiger partial charge in [0.15, 0.2) is 15.9 Å². The molecule has 0 unspecified atom stereocenters. The van der Waals surface area contributed by atoms with Gasteiger partial charge in [-0.05, 0) is 30.3 Å². The second-order valence-corrected chi connectivity index (χ2v) is 7.24. The molecule has 7 nitrogen and oxygen atoms in total.